The lowest BCUT2D eigenvalue weighted by Crippen LogP contribution is -2.41. The Bertz CT molecular complexity index is 289. The van der Waals surface area contributed by atoms with Crippen LogP contribution in [-0.4, -0.2) is 19.0 Å². The van der Waals surface area contributed by atoms with E-state index in [-0.39, 0.29) is 5.79 Å². The molecular weight excluding hydrogens is 188 g/mol. The van der Waals surface area contributed by atoms with Gasteiger partial charge < -0.3 is 9.47 Å². The van der Waals surface area contributed by atoms with Crippen LogP contribution in [0.25, 0.3) is 0 Å². The first-order valence-electron chi connectivity index (χ1n) is 6.20. The van der Waals surface area contributed by atoms with Gasteiger partial charge in [0.1, 0.15) is 0 Å². The summed E-state index contributed by atoms with van der Waals surface area (Å²) in [5.41, 5.74) is 2.06. The third kappa shape index (κ3) is 1.55. The second kappa shape index (κ2) is 3.33. The quantitative estimate of drug-likeness (QED) is 0.570. The van der Waals surface area contributed by atoms with Crippen molar-refractivity contribution in [1.29, 1.82) is 0 Å². The molecule has 1 saturated heterocycles. The Kier molecular flexibility index (Phi) is 2.18. The molecule has 2 heteroatoms. The summed E-state index contributed by atoms with van der Waals surface area (Å²) in [6, 6.07) is 0. The molecule has 0 N–H and O–H groups in total. The molecule has 0 bridgehead atoms. The van der Waals surface area contributed by atoms with Gasteiger partial charge in [0.25, 0.3) is 0 Å². The smallest absolute Gasteiger partial charge is 0.172 e. The van der Waals surface area contributed by atoms with Crippen molar-refractivity contribution in [3.8, 4) is 0 Å². The molecule has 0 aromatic carbocycles. The zero-order valence-electron chi connectivity index (χ0n) is 9.55. The van der Waals surface area contributed by atoms with Gasteiger partial charge in [0.05, 0.1) is 13.2 Å². The Morgan fingerprint density at radius 1 is 1.13 bits per heavy atom. The summed E-state index contributed by atoms with van der Waals surface area (Å²) in [6.07, 6.45) is 9.74. The maximum atomic E-state index is 5.81. The van der Waals surface area contributed by atoms with Gasteiger partial charge in [0, 0.05) is 12.8 Å². The van der Waals surface area contributed by atoms with Crippen LogP contribution < -0.4 is 0 Å². The Morgan fingerprint density at radius 2 is 1.93 bits per heavy atom. The molecule has 84 valence electrons. The molecule has 0 aromatic heterocycles. The lowest BCUT2D eigenvalue weighted by Gasteiger charge is -2.45. The predicted molar refractivity (Wildman–Crippen MR) is 58.5 cm³/mol. The van der Waals surface area contributed by atoms with Gasteiger partial charge in [0.15, 0.2) is 5.79 Å². The van der Waals surface area contributed by atoms with Crippen molar-refractivity contribution < 1.29 is 9.47 Å². The molecule has 1 atom stereocenters. The number of hydrogen-bond acceptors (Lipinski definition) is 2. The van der Waals surface area contributed by atoms with Gasteiger partial charge in [-0.2, -0.15) is 0 Å². The lowest BCUT2D eigenvalue weighted by molar-refractivity contribution is -0.177. The molecule has 0 amide bonds. The van der Waals surface area contributed by atoms with Crippen LogP contribution in [0.4, 0.5) is 0 Å². The minimum atomic E-state index is -0.233. The summed E-state index contributed by atoms with van der Waals surface area (Å²) in [7, 11) is 0. The summed E-state index contributed by atoms with van der Waals surface area (Å²) in [5.74, 6) is -0.233. The van der Waals surface area contributed by atoms with E-state index in [2.05, 4.69) is 13.0 Å². The number of ether oxygens (including phenoxy) is 2. The van der Waals surface area contributed by atoms with E-state index in [0.717, 1.165) is 26.1 Å². The summed E-state index contributed by atoms with van der Waals surface area (Å²) in [6.45, 7) is 3.98. The van der Waals surface area contributed by atoms with Crippen LogP contribution in [0.1, 0.15) is 45.4 Å². The molecule has 1 aliphatic heterocycles. The zero-order valence-corrected chi connectivity index (χ0v) is 9.55. The molecule has 0 radical (unpaired) electrons. The van der Waals surface area contributed by atoms with Crippen molar-refractivity contribution in [3.63, 3.8) is 0 Å². The summed E-state index contributed by atoms with van der Waals surface area (Å²) in [5, 5.41) is 0. The van der Waals surface area contributed by atoms with Crippen LogP contribution in [0.5, 0.6) is 0 Å². The van der Waals surface area contributed by atoms with Gasteiger partial charge in [-0.25, -0.2) is 0 Å². The number of hydrogen-bond donors (Lipinski definition) is 0. The molecule has 15 heavy (non-hydrogen) atoms. The lowest BCUT2D eigenvalue weighted by atomic mass is 9.64. The molecule has 2 fully saturated rings. The van der Waals surface area contributed by atoms with Crippen molar-refractivity contribution in [1.82, 2.24) is 0 Å². The average molecular weight is 208 g/mol. The first-order chi connectivity index (χ1) is 7.23. The highest BCUT2D eigenvalue weighted by Gasteiger charge is 2.47. The SMILES string of the molecule is C[C@]12CCCC=C1CC1(CC2)OCCO1. The highest BCUT2D eigenvalue weighted by atomic mass is 16.7. The Hall–Kier alpha value is -0.340. The van der Waals surface area contributed by atoms with Crippen molar-refractivity contribution >= 4 is 0 Å². The van der Waals surface area contributed by atoms with Gasteiger partial charge in [-0.15, -0.1) is 0 Å². The van der Waals surface area contributed by atoms with Crippen molar-refractivity contribution in [2.24, 2.45) is 5.41 Å². The maximum absolute atomic E-state index is 5.81. The van der Waals surface area contributed by atoms with Crippen LogP contribution in [0.15, 0.2) is 11.6 Å². The van der Waals surface area contributed by atoms with Crippen molar-refractivity contribution in [3.05, 3.63) is 11.6 Å². The molecule has 1 spiro atoms. The standard InChI is InChI=1S/C13H20O2/c1-12-5-3-2-4-11(12)10-13(7-6-12)14-8-9-15-13/h4H,2-3,5-10H2,1H3/t12-/m1/s1. The minimum Gasteiger partial charge on any atom is -0.347 e. The fourth-order valence-corrected chi connectivity index (χ4v) is 3.33. The fourth-order valence-electron chi connectivity index (χ4n) is 3.33. The summed E-state index contributed by atoms with van der Waals surface area (Å²) >= 11 is 0. The third-order valence-corrected chi connectivity index (χ3v) is 4.43. The number of allylic oxidation sites excluding steroid dienone is 1. The van der Waals surface area contributed by atoms with Crippen LogP contribution in [0.2, 0.25) is 0 Å². The van der Waals surface area contributed by atoms with Gasteiger partial charge in [-0.05, 0) is 31.1 Å². The summed E-state index contributed by atoms with van der Waals surface area (Å²) in [4.78, 5) is 0. The highest BCUT2D eigenvalue weighted by molar-refractivity contribution is 5.21. The highest BCUT2D eigenvalue weighted by Crippen LogP contribution is 2.52. The second-order valence-electron chi connectivity index (χ2n) is 5.47. The average Bonchev–Trinajstić information content (AvgIpc) is 2.68. The first kappa shape index (κ1) is 9.86. The van der Waals surface area contributed by atoms with Crippen LogP contribution in [0.3, 0.4) is 0 Å². The Labute approximate surface area is 91.6 Å². The third-order valence-electron chi connectivity index (χ3n) is 4.43. The molecule has 1 saturated carbocycles. The number of rotatable bonds is 0. The van der Waals surface area contributed by atoms with Gasteiger partial charge in [0.2, 0.25) is 0 Å². The van der Waals surface area contributed by atoms with Crippen molar-refractivity contribution in [2.45, 2.75) is 51.2 Å². The molecule has 1 heterocycles. The van der Waals surface area contributed by atoms with Gasteiger partial charge in [-0.3, -0.25) is 0 Å². The van der Waals surface area contributed by atoms with E-state index < -0.39 is 0 Å². The van der Waals surface area contributed by atoms with E-state index in [0.29, 0.717) is 5.41 Å². The number of fused-ring (bicyclic) bond motifs is 1. The van der Waals surface area contributed by atoms with E-state index in [1.807, 2.05) is 0 Å². The molecule has 0 aromatic rings. The van der Waals surface area contributed by atoms with Gasteiger partial charge >= 0.3 is 0 Å². The Morgan fingerprint density at radius 3 is 2.73 bits per heavy atom. The predicted octanol–water partition coefficient (Wildman–Crippen LogP) is 3.03. The zero-order chi connectivity index (χ0) is 10.4. The first-order valence-corrected chi connectivity index (χ1v) is 6.20. The van der Waals surface area contributed by atoms with Crippen LogP contribution >= 0.6 is 0 Å². The Balaban J connectivity index is 1.85. The normalized spacial score (nSPS) is 38.9. The molecule has 0 unspecified atom stereocenters. The monoisotopic (exact) mass is 208 g/mol. The second-order valence-corrected chi connectivity index (χ2v) is 5.47. The maximum Gasteiger partial charge on any atom is 0.172 e. The van der Waals surface area contributed by atoms with Gasteiger partial charge in [-0.1, -0.05) is 18.6 Å². The van der Waals surface area contributed by atoms with E-state index >= 15 is 0 Å². The molecular formula is C13H20O2. The van der Waals surface area contributed by atoms with Crippen molar-refractivity contribution in [2.75, 3.05) is 13.2 Å². The summed E-state index contributed by atoms with van der Waals surface area (Å²) < 4.78 is 11.6. The molecule has 3 rings (SSSR count). The molecule has 3 aliphatic rings. The minimum absolute atomic E-state index is 0.233. The molecule has 2 aliphatic carbocycles. The topological polar surface area (TPSA) is 18.5 Å². The van der Waals surface area contributed by atoms with E-state index in [1.165, 1.54) is 25.7 Å². The van der Waals surface area contributed by atoms with E-state index in [1.54, 1.807) is 5.57 Å². The van der Waals surface area contributed by atoms with Crippen LogP contribution in [0, 0.1) is 5.41 Å². The fraction of sp³-hybridized carbons (Fsp3) is 0.846. The molecule has 2 nitrogen and oxygen atoms in total. The van der Waals surface area contributed by atoms with E-state index in [9.17, 15) is 0 Å². The van der Waals surface area contributed by atoms with Crippen LogP contribution in [-0.2, 0) is 9.47 Å². The van der Waals surface area contributed by atoms with E-state index in [4.69, 9.17) is 9.47 Å². The largest absolute Gasteiger partial charge is 0.347 e.